The molecule has 0 unspecified atom stereocenters. The Morgan fingerprint density at radius 3 is 2.56 bits per heavy atom. The lowest BCUT2D eigenvalue weighted by Gasteiger charge is -2.20. The zero-order valence-corrected chi connectivity index (χ0v) is 11.3. The summed E-state index contributed by atoms with van der Waals surface area (Å²) in [6, 6.07) is 0.221. The molecule has 98 valence electrons. The van der Waals surface area contributed by atoms with Gasteiger partial charge in [-0.3, -0.25) is 9.59 Å². The summed E-state index contributed by atoms with van der Waals surface area (Å²) in [4.78, 5) is 29.6. The predicted octanol–water partition coefficient (Wildman–Crippen LogP) is 1.84. The summed E-state index contributed by atoms with van der Waals surface area (Å²) in [5.41, 5.74) is 0.739. The van der Waals surface area contributed by atoms with E-state index in [0.29, 0.717) is 4.88 Å². The first-order chi connectivity index (χ1) is 8.49. The molecule has 1 aromatic rings. The molecular formula is C12H16N2O3S. The van der Waals surface area contributed by atoms with Crippen molar-refractivity contribution in [1.82, 2.24) is 9.88 Å². The van der Waals surface area contributed by atoms with Crippen molar-refractivity contribution in [3.63, 3.8) is 0 Å². The number of rotatable bonds is 5. The number of carbonyl (C=O) groups excluding carboxylic acids is 1. The number of nitrogens with zero attached hydrogens (tertiary/aromatic N) is 2. The van der Waals surface area contributed by atoms with Crippen LogP contribution in [0.15, 0.2) is 0 Å². The number of hydrogen-bond acceptors (Lipinski definition) is 4. The van der Waals surface area contributed by atoms with Crippen LogP contribution in [0.5, 0.6) is 0 Å². The number of aromatic nitrogens is 1. The summed E-state index contributed by atoms with van der Waals surface area (Å²) >= 11 is 1.38. The smallest absolute Gasteiger partial charge is 0.305 e. The van der Waals surface area contributed by atoms with Crippen LogP contribution in [0.2, 0.25) is 0 Å². The molecule has 1 saturated carbocycles. The summed E-state index contributed by atoms with van der Waals surface area (Å²) in [5.74, 6) is -0.937. The Morgan fingerprint density at radius 2 is 2.11 bits per heavy atom. The maximum absolute atomic E-state index is 12.4. The number of amides is 1. The molecule has 6 heteroatoms. The standard InChI is InChI=1S/C12H16N2O3S/c1-7-11(18-8(2)13-7)12(17)14(9-3-4-9)6-5-10(15)16/h9H,3-6H2,1-2H3,(H,15,16). The third-order valence-electron chi connectivity index (χ3n) is 2.91. The van der Waals surface area contributed by atoms with Crippen LogP contribution in [-0.2, 0) is 4.79 Å². The summed E-state index contributed by atoms with van der Waals surface area (Å²) in [6.07, 6.45) is 1.95. The molecule has 1 heterocycles. The number of hydrogen-bond donors (Lipinski definition) is 1. The van der Waals surface area contributed by atoms with Crippen LogP contribution in [0.3, 0.4) is 0 Å². The molecule has 0 spiro atoms. The van der Waals surface area contributed by atoms with E-state index in [-0.39, 0.29) is 24.9 Å². The average molecular weight is 268 g/mol. The Bertz CT molecular complexity index is 480. The van der Waals surface area contributed by atoms with E-state index >= 15 is 0 Å². The second-order valence-electron chi connectivity index (χ2n) is 4.52. The largest absolute Gasteiger partial charge is 0.481 e. The normalized spacial score (nSPS) is 14.6. The second-order valence-corrected chi connectivity index (χ2v) is 5.72. The van der Waals surface area contributed by atoms with Crippen molar-refractivity contribution < 1.29 is 14.7 Å². The SMILES string of the molecule is Cc1nc(C)c(C(=O)N(CCC(=O)O)C2CC2)s1. The maximum Gasteiger partial charge on any atom is 0.305 e. The van der Waals surface area contributed by atoms with E-state index in [1.165, 1.54) is 11.3 Å². The lowest BCUT2D eigenvalue weighted by molar-refractivity contribution is -0.137. The van der Waals surface area contributed by atoms with Crippen molar-refractivity contribution in [3.8, 4) is 0 Å². The average Bonchev–Trinajstić information content (AvgIpc) is 3.04. The number of aryl methyl sites for hydroxylation is 2. The van der Waals surface area contributed by atoms with Crippen LogP contribution in [0.25, 0.3) is 0 Å². The summed E-state index contributed by atoms with van der Waals surface area (Å²) in [7, 11) is 0. The van der Waals surface area contributed by atoms with Crippen molar-refractivity contribution >= 4 is 23.2 Å². The van der Waals surface area contributed by atoms with Gasteiger partial charge in [0.25, 0.3) is 5.91 Å². The van der Waals surface area contributed by atoms with Gasteiger partial charge in [0, 0.05) is 12.6 Å². The second kappa shape index (κ2) is 5.06. The zero-order chi connectivity index (χ0) is 13.3. The van der Waals surface area contributed by atoms with Gasteiger partial charge in [-0.2, -0.15) is 0 Å². The fourth-order valence-electron chi connectivity index (χ4n) is 1.91. The molecule has 1 N–H and O–H groups in total. The van der Waals surface area contributed by atoms with Gasteiger partial charge in [0.1, 0.15) is 4.88 Å². The van der Waals surface area contributed by atoms with Gasteiger partial charge in [-0.1, -0.05) is 0 Å². The summed E-state index contributed by atoms with van der Waals surface area (Å²) in [5, 5.41) is 9.59. The van der Waals surface area contributed by atoms with Crippen molar-refractivity contribution in [2.45, 2.75) is 39.2 Å². The quantitative estimate of drug-likeness (QED) is 0.884. The van der Waals surface area contributed by atoms with Gasteiger partial charge >= 0.3 is 5.97 Å². The molecular weight excluding hydrogens is 252 g/mol. The maximum atomic E-state index is 12.4. The molecule has 0 radical (unpaired) electrons. The minimum atomic E-state index is -0.870. The Morgan fingerprint density at radius 1 is 1.44 bits per heavy atom. The molecule has 2 rings (SSSR count). The first-order valence-corrected chi connectivity index (χ1v) is 6.77. The number of carboxylic acid groups (broad SMARTS) is 1. The monoisotopic (exact) mass is 268 g/mol. The first kappa shape index (κ1) is 13.0. The van der Waals surface area contributed by atoms with Crippen LogP contribution < -0.4 is 0 Å². The highest BCUT2D eigenvalue weighted by Crippen LogP contribution is 2.30. The molecule has 5 nitrogen and oxygen atoms in total. The van der Waals surface area contributed by atoms with Gasteiger partial charge in [-0.05, 0) is 26.7 Å². The molecule has 0 atom stereocenters. The third-order valence-corrected chi connectivity index (χ3v) is 3.97. The Balaban J connectivity index is 2.12. The summed E-state index contributed by atoms with van der Waals surface area (Å²) < 4.78 is 0. The van der Waals surface area contributed by atoms with Crippen LogP contribution in [-0.4, -0.2) is 39.5 Å². The number of aliphatic carboxylic acids is 1. The fourth-order valence-corrected chi connectivity index (χ4v) is 2.79. The van der Waals surface area contributed by atoms with Crippen LogP contribution in [0.4, 0.5) is 0 Å². The third kappa shape index (κ3) is 2.87. The molecule has 0 saturated heterocycles. The van der Waals surface area contributed by atoms with E-state index in [0.717, 1.165) is 23.5 Å². The highest BCUT2D eigenvalue weighted by Gasteiger charge is 2.34. The van der Waals surface area contributed by atoms with E-state index in [1.807, 2.05) is 13.8 Å². The molecule has 0 aliphatic heterocycles. The van der Waals surface area contributed by atoms with Crippen LogP contribution in [0, 0.1) is 13.8 Å². The molecule has 1 aliphatic carbocycles. The van der Waals surface area contributed by atoms with E-state index in [9.17, 15) is 9.59 Å². The first-order valence-electron chi connectivity index (χ1n) is 5.96. The Hall–Kier alpha value is -1.43. The Labute approximate surface area is 109 Å². The molecule has 1 amide bonds. The molecule has 1 aromatic heterocycles. The van der Waals surface area contributed by atoms with Gasteiger partial charge in [0.05, 0.1) is 17.1 Å². The van der Waals surface area contributed by atoms with Gasteiger partial charge in [0.2, 0.25) is 0 Å². The number of carboxylic acids is 1. The van der Waals surface area contributed by atoms with Crippen LogP contribution >= 0.6 is 11.3 Å². The van der Waals surface area contributed by atoms with E-state index < -0.39 is 5.97 Å². The highest BCUT2D eigenvalue weighted by atomic mass is 32.1. The minimum Gasteiger partial charge on any atom is -0.481 e. The van der Waals surface area contributed by atoms with Gasteiger partial charge in [-0.25, -0.2) is 4.98 Å². The topological polar surface area (TPSA) is 70.5 Å². The molecule has 1 aliphatic rings. The van der Waals surface area contributed by atoms with Crippen LogP contribution in [0.1, 0.15) is 39.6 Å². The van der Waals surface area contributed by atoms with E-state index in [2.05, 4.69) is 4.98 Å². The fraction of sp³-hybridized carbons (Fsp3) is 0.583. The lowest BCUT2D eigenvalue weighted by atomic mass is 10.3. The molecule has 0 aromatic carbocycles. The van der Waals surface area contributed by atoms with E-state index in [1.54, 1.807) is 4.90 Å². The van der Waals surface area contributed by atoms with Crippen molar-refractivity contribution in [2.75, 3.05) is 6.54 Å². The molecule has 18 heavy (non-hydrogen) atoms. The van der Waals surface area contributed by atoms with E-state index in [4.69, 9.17) is 5.11 Å². The molecule has 1 fully saturated rings. The van der Waals surface area contributed by atoms with Crippen molar-refractivity contribution in [2.24, 2.45) is 0 Å². The van der Waals surface area contributed by atoms with Gasteiger partial charge in [0.15, 0.2) is 0 Å². The zero-order valence-electron chi connectivity index (χ0n) is 10.5. The predicted molar refractivity (Wildman–Crippen MR) is 67.9 cm³/mol. The van der Waals surface area contributed by atoms with Crippen molar-refractivity contribution in [1.29, 1.82) is 0 Å². The number of thiazole rings is 1. The lowest BCUT2D eigenvalue weighted by Crippen LogP contribution is -2.34. The van der Waals surface area contributed by atoms with Gasteiger partial charge < -0.3 is 10.0 Å². The summed E-state index contributed by atoms with van der Waals surface area (Å²) in [6.45, 7) is 3.97. The minimum absolute atomic E-state index is 0.000919. The number of carbonyl (C=O) groups is 2. The Kier molecular flexibility index (Phi) is 3.65. The van der Waals surface area contributed by atoms with Gasteiger partial charge in [-0.15, -0.1) is 11.3 Å². The molecule has 0 bridgehead atoms. The van der Waals surface area contributed by atoms with Crippen molar-refractivity contribution in [3.05, 3.63) is 15.6 Å². The highest BCUT2D eigenvalue weighted by molar-refractivity contribution is 7.13.